The van der Waals surface area contributed by atoms with Gasteiger partial charge in [-0.2, -0.15) is 0 Å². The first-order valence-corrected chi connectivity index (χ1v) is 6.21. The highest BCUT2D eigenvalue weighted by Crippen LogP contribution is 2.28. The minimum absolute atomic E-state index is 0.0151. The number of carbonyl (C=O) groups excluding carboxylic acids is 2. The van der Waals surface area contributed by atoms with Crippen LogP contribution in [-0.2, 0) is 11.2 Å². The molecule has 0 saturated carbocycles. The highest BCUT2D eigenvalue weighted by atomic mass is 16.2. The summed E-state index contributed by atoms with van der Waals surface area (Å²) >= 11 is 0. The summed E-state index contributed by atoms with van der Waals surface area (Å²) in [5.74, 6) is -0.0757. The third-order valence-electron chi connectivity index (χ3n) is 3.28. The Hall–Kier alpha value is -1.68. The summed E-state index contributed by atoms with van der Waals surface area (Å²) in [6.45, 7) is 3.94. The first kappa shape index (κ1) is 12.8. The highest BCUT2D eigenvalue weighted by Gasteiger charge is 2.22. The van der Waals surface area contributed by atoms with Gasteiger partial charge in [-0.15, -0.1) is 0 Å². The van der Waals surface area contributed by atoms with Gasteiger partial charge < -0.3 is 10.6 Å². The molecule has 2 rings (SSSR count). The maximum Gasteiger partial charge on any atom is 0.223 e. The largest absolute Gasteiger partial charge is 0.321 e. The lowest BCUT2D eigenvalue weighted by Gasteiger charge is -2.29. The van der Waals surface area contributed by atoms with Crippen LogP contribution in [-0.4, -0.2) is 24.3 Å². The third-order valence-corrected chi connectivity index (χ3v) is 3.28. The second-order valence-electron chi connectivity index (χ2n) is 4.77. The molecule has 1 aromatic rings. The van der Waals surface area contributed by atoms with E-state index in [1.807, 2.05) is 6.07 Å². The summed E-state index contributed by atoms with van der Waals surface area (Å²) in [7, 11) is 0. The Labute approximate surface area is 107 Å². The number of aryl methyl sites for hydroxylation is 1. The first-order chi connectivity index (χ1) is 8.50. The monoisotopic (exact) mass is 246 g/mol. The van der Waals surface area contributed by atoms with E-state index in [2.05, 4.69) is 0 Å². The zero-order valence-corrected chi connectivity index (χ0v) is 10.8. The van der Waals surface area contributed by atoms with Crippen LogP contribution in [0.3, 0.4) is 0 Å². The van der Waals surface area contributed by atoms with E-state index in [-0.39, 0.29) is 11.7 Å². The summed E-state index contributed by atoms with van der Waals surface area (Å²) in [6.07, 6.45) is 1.92. The fourth-order valence-corrected chi connectivity index (χ4v) is 2.32. The number of hydrogen-bond acceptors (Lipinski definition) is 3. The van der Waals surface area contributed by atoms with Crippen molar-refractivity contribution in [3.8, 4) is 0 Å². The molecule has 96 valence electrons. The number of carbonyl (C=O) groups is 2. The number of amides is 1. The lowest BCUT2D eigenvalue weighted by atomic mass is 9.96. The highest BCUT2D eigenvalue weighted by molar-refractivity contribution is 6.02. The number of anilines is 1. The lowest BCUT2D eigenvalue weighted by molar-refractivity contribution is -0.116. The molecule has 18 heavy (non-hydrogen) atoms. The molecule has 1 amide bonds. The zero-order valence-electron chi connectivity index (χ0n) is 10.8. The van der Waals surface area contributed by atoms with Crippen molar-refractivity contribution in [3.63, 3.8) is 0 Å². The molecular formula is C14H18N2O2. The van der Waals surface area contributed by atoms with Crippen LogP contribution < -0.4 is 10.6 Å². The van der Waals surface area contributed by atoms with E-state index in [0.717, 1.165) is 30.6 Å². The van der Waals surface area contributed by atoms with Gasteiger partial charge in [0.05, 0.1) is 6.04 Å². The average molecular weight is 246 g/mol. The molecule has 2 N–H and O–H groups in total. The predicted octanol–water partition coefficient (Wildman–Crippen LogP) is 1.52. The summed E-state index contributed by atoms with van der Waals surface area (Å²) < 4.78 is 0. The van der Waals surface area contributed by atoms with E-state index < -0.39 is 6.04 Å². The number of Topliss-reactive ketones (excluding diaryl/α,β-unsaturated/α-hetero) is 1. The normalized spacial score (nSPS) is 16.1. The van der Waals surface area contributed by atoms with Gasteiger partial charge in [0.15, 0.2) is 5.78 Å². The van der Waals surface area contributed by atoms with Crippen molar-refractivity contribution < 1.29 is 9.59 Å². The van der Waals surface area contributed by atoms with Crippen LogP contribution in [0.5, 0.6) is 0 Å². The summed E-state index contributed by atoms with van der Waals surface area (Å²) in [6, 6.07) is 5.01. The Morgan fingerprint density at radius 1 is 1.39 bits per heavy atom. The number of nitrogens with two attached hydrogens (primary N) is 1. The molecule has 1 heterocycles. The van der Waals surface area contributed by atoms with Crippen LogP contribution in [0.25, 0.3) is 0 Å². The molecule has 0 radical (unpaired) electrons. The fourth-order valence-electron chi connectivity index (χ4n) is 2.32. The fraction of sp³-hybridized carbons (Fsp3) is 0.429. The Morgan fingerprint density at radius 2 is 2.11 bits per heavy atom. The molecule has 0 bridgehead atoms. The van der Waals surface area contributed by atoms with Gasteiger partial charge in [0.2, 0.25) is 5.91 Å². The topological polar surface area (TPSA) is 63.4 Å². The molecule has 1 aliphatic heterocycles. The van der Waals surface area contributed by atoms with Crippen LogP contribution in [0, 0.1) is 0 Å². The van der Waals surface area contributed by atoms with Crippen molar-refractivity contribution in [2.45, 2.75) is 32.7 Å². The Balaban J connectivity index is 2.43. The molecule has 0 aromatic heterocycles. The summed E-state index contributed by atoms with van der Waals surface area (Å²) in [4.78, 5) is 25.2. The lowest BCUT2D eigenvalue weighted by Crippen LogP contribution is -2.34. The Morgan fingerprint density at radius 3 is 2.72 bits per heavy atom. The molecule has 0 fully saturated rings. The summed E-state index contributed by atoms with van der Waals surface area (Å²) in [5.41, 5.74) is 8.17. The van der Waals surface area contributed by atoms with Crippen LogP contribution in [0.2, 0.25) is 0 Å². The zero-order chi connectivity index (χ0) is 13.3. The molecule has 0 spiro atoms. The van der Waals surface area contributed by atoms with E-state index in [1.165, 1.54) is 0 Å². The van der Waals surface area contributed by atoms with Gasteiger partial charge in [-0.25, -0.2) is 0 Å². The maximum absolute atomic E-state index is 11.9. The number of rotatable bonds is 2. The molecule has 1 aliphatic rings. The van der Waals surface area contributed by atoms with E-state index in [9.17, 15) is 9.59 Å². The molecule has 1 atom stereocenters. The van der Waals surface area contributed by atoms with Crippen molar-refractivity contribution in [1.82, 2.24) is 0 Å². The minimum atomic E-state index is -0.516. The van der Waals surface area contributed by atoms with Crippen LogP contribution in [0.1, 0.15) is 36.2 Å². The number of fused-ring (bicyclic) bond motifs is 1. The number of benzene rings is 1. The van der Waals surface area contributed by atoms with Crippen molar-refractivity contribution in [2.75, 3.05) is 11.4 Å². The van der Waals surface area contributed by atoms with E-state index in [1.54, 1.807) is 30.9 Å². The first-order valence-electron chi connectivity index (χ1n) is 6.21. The predicted molar refractivity (Wildman–Crippen MR) is 70.8 cm³/mol. The smallest absolute Gasteiger partial charge is 0.223 e. The van der Waals surface area contributed by atoms with Crippen LogP contribution in [0.4, 0.5) is 5.69 Å². The molecule has 1 aromatic carbocycles. The van der Waals surface area contributed by atoms with Gasteiger partial charge in [-0.3, -0.25) is 9.59 Å². The van der Waals surface area contributed by atoms with Crippen molar-refractivity contribution in [3.05, 3.63) is 29.3 Å². The molecule has 0 aliphatic carbocycles. The van der Waals surface area contributed by atoms with Gasteiger partial charge in [0.1, 0.15) is 0 Å². The van der Waals surface area contributed by atoms with E-state index >= 15 is 0 Å². The van der Waals surface area contributed by atoms with Gasteiger partial charge in [-0.1, -0.05) is 12.1 Å². The molecule has 1 unspecified atom stereocenters. The third kappa shape index (κ3) is 2.29. The van der Waals surface area contributed by atoms with Crippen LogP contribution in [0.15, 0.2) is 18.2 Å². The molecule has 4 heteroatoms. The molecule has 0 saturated heterocycles. The molecule has 4 nitrogen and oxygen atoms in total. The van der Waals surface area contributed by atoms with Crippen molar-refractivity contribution in [2.24, 2.45) is 5.73 Å². The number of ketones is 1. The average Bonchev–Trinajstić information content (AvgIpc) is 2.36. The second-order valence-corrected chi connectivity index (χ2v) is 4.77. The number of hydrogen-bond donors (Lipinski definition) is 1. The second kappa shape index (κ2) is 4.90. The maximum atomic E-state index is 11.9. The quantitative estimate of drug-likeness (QED) is 0.805. The van der Waals surface area contributed by atoms with Crippen LogP contribution >= 0.6 is 0 Å². The van der Waals surface area contributed by atoms with E-state index in [4.69, 9.17) is 5.73 Å². The van der Waals surface area contributed by atoms with Crippen molar-refractivity contribution >= 4 is 17.4 Å². The Kier molecular flexibility index (Phi) is 3.48. The summed E-state index contributed by atoms with van der Waals surface area (Å²) in [5, 5.41) is 0. The Bertz CT molecular complexity index is 495. The standard InChI is InChI=1S/C14H18N2O2/c1-9(15)14(18)12-6-5-11-4-3-7-16(10(2)17)13(11)8-12/h5-6,8-9H,3-4,7,15H2,1-2H3. The van der Waals surface area contributed by atoms with Gasteiger partial charge in [0, 0.05) is 24.7 Å². The SMILES string of the molecule is CC(=O)N1CCCc2ccc(C(=O)C(C)N)cc21. The van der Waals surface area contributed by atoms with Gasteiger partial charge in [0.25, 0.3) is 0 Å². The number of nitrogens with zero attached hydrogens (tertiary/aromatic N) is 1. The minimum Gasteiger partial charge on any atom is -0.321 e. The van der Waals surface area contributed by atoms with E-state index in [0.29, 0.717) is 5.56 Å². The molecular weight excluding hydrogens is 228 g/mol. The van der Waals surface area contributed by atoms with Crippen molar-refractivity contribution in [1.29, 1.82) is 0 Å². The van der Waals surface area contributed by atoms with Gasteiger partial charge >= 0.3 is 0 Å². The van der Waals surface area contributed by atoms with Gasteiger partial charge in [-0.05, 0) is 31.4 Å².